The molecule has 0 aromatic heterocycles. The highest BCUT2D eigenvalue weighted by molar-refractivity contribution is 7.47. The van der Waals surface area contributed by atoms with E-state index in [2.05, 4.69) is 55.6 Å². The van der Waals surface area contributed by atoms with Gasteiger partial charge >= 0.3 is 7.82 Å². The van der Waals surface area contributed by atoms with Gasteiger partial charge in [0.05, 0.1) is 25.4 Å². The molecule has 3 atom stereocenters. The maximum absolute atomic E-state index is 12.7. The second-order valence-electron chi connectivity index (χ2n) is 13.5. The summed E-state index contributed by atoms with van der Waals surface area (Å²) in [5.41, 5.74) is 5.36. The molecule has 0 fully saturated rings. The number of aliphatic hydroxyl groups excluding tert-OH is 1. The van der Waals surface area contributed by atoms with Crippen molar-refractivity contribution in [1.29, 1.82) is 0 Å². The number of phosphoric ester groups is 1. The summed E-state index contributed by atoms with van der Waals surface area (Å²) in [6.45, 7) is 3.95. The van der Waals surface area contributed by atoms with Crippen molar-refractivity contribution in [3.05, 3.63) is 60.8 Å². The van der Waals surface area contributed by atoms with Gasteiger partial charge in [0.2, 0.25) is 5.91 Å². The summed E-state index contributed by atoms with van der Waals surface area (Å²) in [4.78, 5) is 22.6. The molecule has 0 aliphatic heterocycles. The maximum Gasteiger partial charge on any atom is 0.472 e. The number of phosphoric acid groups is 1. The lowest BCUT2D eigenvalue weighted by Crippen LogP contribution is -2.45. The predicted octanol–water partition coefficient (Wildman–Crippen LogP) is 11.1. The number of allylic oxidation sites excluding steroid dienone is 9. The number of aliphatic hydroxyl groups is 1. The second-order valence-corrected chi connectivity index (χ2v) is 14.9. The molecule has 0 radical (unpaired) electrons. The minimum Gasteiger partial charge on any atom is -0.387 e. The third-order valence-electron chi connectivity index (χ3n) is 8.61. The predicted molar refractivity (Wildman–Crippen MR) is 217 cm³/mol. The quantitative estimate of drug-likeness (QED) is 0.0284. The fourth-order valence-corrected chi connectivity index (χ4v) is 6.31. The highest BCUT2D eigenvalue weighted by atomic mass is 31.2. The average molecular weight is 737 g/mol. The Morgan fingerprint density at radius 1 is 0.667 bits per heavy atom. The van der Waals surface area contributed by atoms with E-state index in [1.807, 2.05) is 18.2 Å². The van der Waals surface area contributed by atoms with Crippen LogP contribution in [0.3, 0.4) is 0 Å². The van der Waals surface area contributed by atoms with Crippen LogP contribution in [0.15, 0.2) is 60.8 Å². The summed E-state index contributed by atoms with van der Waals surface area (Å²) in [7, 11) is -4.36. The number of carbonyl (C=O) groups excluding carboxylic acids is 1. The Kier molecular flexibility index (Phi) is 36.6. The van der Waals surface area contributed by atoms with Gasteiger partial charge < -0.3 is 21.1 Å². The van der Waals surface area contributed by atoms with Gasteiger partial charge in [-0.2, -0.15) is 0 Å². The van der Waals surface area contributed by atoms with E-state index < -0.39 is 20.0 Å². The van der Waals surface area contributed by atoms with E-state index in [0.717, 1.165) is 44.9 Å². The van der Waals surface area contributed by atoms with Gasteiger partial charge in [-0.3, -0.25) is 13.8 Å². The normalized spacial score (nSPS) is 14.8. The average Bonchev–Trinajstić information content (AvgIpc) is 3.12. The third kappa shape index (κ3) is 36.4. The van der Waals surface area contributed by atoms with Crippen LogP contribution in [0.4, 0.5) is 0 Å². The van der Waals surface area contributed by atoms with Crippen LogP contribution in [-0.2, 0) is 18.4 Å². The zero-order valence-corrected chi connectivity index (χ0v) is 33.5. The number of rotatable bonds is 37. The molecule has 51 heavy (non-hydrogen) atoms. The Labute approximate surface area is 313 Å². The van der Waals surface area contributed by atoms with Crippen LogP contribution in [0.2, 0.25) is 0 Å². The standard InChI is InChI=1S/C42H77N2O6P/c1-3-5-7-9-11-13-15-17-18-19-20-21-22-24-25-27-29-31-33-35-41(45)40(39-50-51(47,48)49-38-37-43)44-42(46)36-34-32-30-28-26-23-16-14-12-10-8-6-4-2/h6,8,12,14,23,26,30,32-33,35,40-41,45H,3-5,7,9-11,13,15-22,24-25,27-29,31,34,36-39,43H2,1-2H3,(H,44,46)(H,47,48)/b8-6-,14-12-,26-23-,32-30-,35-33+. The molecule has 0 aliphatic carbocycles. The van der Waals surface area contributed by atoms with Gasteiger partial charge in [0.1, 0.15) is 0 Å². The molecule has 0 aromatic carbocycles. The lowest BCUT2D eigenvalue weighted by molar-refractivity contribution is -0.122. The molecular weight excluding hydrogens is 659 g/mol. The summed E-state index contributed by atoms with van der Waals surface area (Å²) in [6.07, 6.45) is 47.2. The fourth-order valence-electron chi connectivity index (χ4n) is 5.55. The summed E-state index contributed by atoms with van der Waals surface area (Å²) in [6, 6.07) is -0.899. The van der Waals surface area contributed by atoms with Crippen molar-refractivity contribution in [2.24, 2.45) is 5.73 Å². The molecule has 3 unspecified atom stereocenters. The molecular formula is C42H77N2O6P. The molecule has 0 spiro atoms. The van der Waals surface area contributed by atoms with E-state index in [9.17, 15) is 19.4 Å². The molecule has 0 saturated heterocycles. The van der Waals surface area contributed by atoms with Crippen LogP contribution in [0.5, 0.6) is 0 Å². The number of unbranched alkanes of at least 4 members (excludes halogenated alkanes) is 17. The summed E-state index contributed by atoms with van der Waals surface area (Å²) in [5.74, 6) is -0.276. The van der Waals surface area contributed by atoms with E-state index in [1.165, 1.54) is 96.3 Å². The van der Waals surface area contributed by atoms with Gasteiger partial charge in [-0.05, 0) is 44.9 Å². The summed E-state index contributed by atoms with van der Waals surface area (Å²) in [5, 5.41) is 13.6. The molecule has 8 nitrogen and oxygen atoms in total. The molecule has 0 bridgehead atoms. The van der Waals surface area contributed by atoms with Crippen molar-refractivity contribution in [3.63, 3.8) is 0 Å². The Morgan fingerprint density at radius 3 is 1.63 bits per heavy atom. The summed E-state index contributed by atoms with van der Waals surface area (Å²) >= 11 is 0. The van der Waals surface area contributed by atoms with Gasteiger partial charge in [0.15, 0.2) is 0 Å². The molecule has 9 heteroatoms. The topological polar surface area (TPSA) is 131 Å². The van der Waals surface area contributed by atoms with Gasteiger partial charge in [-0.25, -0.2) is 4.57 Å². The SMILES string of the molecule is CC/C=C\C/C=C\C/C=C\C/C=C\CCC(=O)NC(COP(=O)(O)OCCN)C(O)/C=C/CCCCCCCCCCCCCCCCCCC. The Bertz CT molecular complexity index is 980. The zero-order chi connectivity index (χ0) is 37.5. The lowest BCUT2D eigenvalue weighted by Gasteiger charge is -2.23. The van der Waals surface area contributed by atoms with Crippen molar-refractivity contribution in [1.82, 2.24) is 5.32 Å². The number of amides is 1. The molecule has 0 aromatic rings. The van der Waals surface area contributed by atoms with Gasteiger partial charge in [-0.1, -0.05) is 177 Å². The van der Waals surface area contributed by atoms with Crippen LogP contribution in [0, 0.1) is 0 Å². The Morgan fingerprint density at radius 2 is 1.14 bits per heavy atom. The third-order valence-corrected chi connectivity index (χ3v) is 9.60. The lowest BCUT2D eigenvalue weighted by atomic mass is 10.0. The van der Waals surface area contributed by atoms with Crippen LogP contribution in [0.1, 0.15) is 168 Å². The van der Waals surface area contributed by atoms with E-state index in [-0.39, 0.29) is 32.1 Å². The number of nitrogens with two attached hydrogens (primary N) is 1. The zero-order valence-electron chi connectivity index (χ0n) is 32.6. The van der Waals surface area contributed by atoms with Crippen molar-refractivity contribution >= 4 is 13.7 Å². The molecule has 296 valence electrons. The summed E-state index contributed by atoms with van der Waals surface area (Å²) < 4.78 is 22.0. The Balaban J connectivity index is 4.33. The van der Waals surface area contributed by atoms with Gasteiger partial charge in [0, 0.05) is 13.0 Å². The Hall–Kier alpha value is -1.80. The van der Waals surface area contributed by atoms with E-state index in [0.29, 0.717) is 6.42 Å². The van der Waals surface area contributed by atoms with Crippen molar-refractivity contribution in [2.75, 3.05) is 19.8 Å². The van der Waals surface area contributed by atoms with Crippen molar-refractivity contribution in [3.8, 4) is 0 Å². The van der Waals surface area contributed by atoms with Crippen LogP contribution in [-0.4, -0.2) is 47.8 Å². The number of nitrogens with one attached hydrogen (secondary N) is 1. The fraction of sp³-hybridized carbons (Fsp3) is 0.738. The van der Waals surface area contributed by atoms with E-state index in [4.69, 9.17) is 14.8 Å². The molecule has 0 heterocycles. The smallest absolute Gasteiger partial charge is 0.387 e. The van der Waals surface area contributed by atoms with Gasteiger partial charge in [-0.15, -0.1) is 0 Å². The maximum atomic E-state index is 12.7. The first-order chi connectivity index (χ1) is 24.9. The molecule has 1 amide bonds. The number of hydrogen-bond donors (Lipinski definition) is 4. The minimum absolute atomic E-state index is 0.0656. The van der Waals surface area contributed by atoms with E-state index >= 15 is 0 Å². The molecule has 0 rings (SSSR count). The minimum atomic E-state index is -4.36. The first-order valence-corrected chi connectivity index (χ1v) is 21.9. The highest BCUT2D eigenvalue weighted by Gasteiger charge is 2.26. The van der Waals surface area contributed by atoms with Crippen molar-refractivity contribution in [2.45, 2.75) is 180 Å². The monoisotopic (exact) mass is 737 g/mol. The molecule has 5 N–H and O–H groups in total. The molecule has 0 saturated carbocycles. The van der Waals surface area contributed by atoms with Crippen LogP contribution in [0.25, 0.3) is 0 Å². The largest absolute Gasteiger partial charge is 0.472 e. The number of carbonyl (C=O) groups is 1. The molecule has 0 aliphatic rings. The van der Waals surface area contributed by atoms with Crippen molar-refractivity contribution < 1.29 is 28.4 Å². The number of hydrogen-bond acceptors (Lipinski definition) is 6. The first-order valence-electron chi connectivity index (χ1n) is 20.4. The van der Waals surface area contributed by atoms with Gasteiger partial charge in [0.25, 0.3) is 0 Å². The highest BCUT2D eigenvalue weighted by Crippen LogP contribution is 2.43. The first kappa shape index (κ1) is 49.2. The van der Waals surface area contributed by atoms with E-state index in [1.54, 1.807) is 6.08 Å². The van der Waals surface area contributed by atoms with Crippen LogP contribution < -0.4 is 11.1 Å². The second kappa shape index (κ2) is 37.9. The van der Waals surface area contributed by atoms with Crippen LogP contribution >= 0.6 is 7.82 Å².